The highest BCUT2D eigenvalue weighted by atomic mass is 16.3. The normalized spacial score (nSPS) is 12.8. The SMILES string of the molecule is NC[C@H](CO)Cc1ccccn1. The highest BCUT2D eigenvalue weighted by molar-refractivity contribution is 5.04. The Morgan fingerprint density at radius 2 is 2.33 bits per heavy atom. The first kappa shape index (κ1) is 9.16. The number of hydrogen-bond acceptors (Lipinski definition) is 3. The van der Waals surface area contributed by atoms with Crippen LogP contribution in [-0.2, 0) is 6.42 Å². The number of aliphatic hydroxyl groups excluding tert-OH is 1. The van der Waals surface area contributed by atoms with E-state index in [1.54, 1.807) is 6.20 Å². The van der Waals surface area contributed by atoms with Crippen molar-refractivity contribution in [3.05, 3.63) is 30.1 Å². The largest absolute Gasteiger partial charge is 0.396 e. The number of pyridine rings is 1. The molecule has 0 saturated heterocycles. The summed E-state index contributed by atoms with van der Waals surface area (Å²) in [5.41, 5.74) is 6.43. The van der Waals surface area contributed by atoms with Crippen molar-refractivity contribution in [1.82, 2.24) is 4.98 Å². The van der Waals surface area contributed by atoms with E-state index in [-0.39, 0.29) is 12.5 Å². The molecular weight excluding hydrogens is 152 g/mol. The van der Waals surface area contributed by atoms with Crippen molar-refractivity contribution in [3.8, 4) is 0 Å². The number of hydrogen-bond donors (Lipinski definition) is 2. The summed E-state index contributed by atoms with van der Waals surface area (Å²) in [6.07, 6.45) is 2.51. The first-order valence-corrected chi connectivity index (χ1v) is 4.07. The molecule has 3 nitrogen and oxygen atoms in total. The lowest BCUT2D eigenvalue weighted by Gasteiger charge is -2.09. The zero-order chi connectivity index (χ0) is 8.81. The molecule has 66 valence electrons. The second kappa shape index (κ2) is 4.85. The lowest BCUT2D eigenvalue weighted by molar-refractivity contribution is 0.229. The van der Waals surface area contributed by atoms with E-state index in [0.29, 0.717) is 6.54 Å². The van der Waals surface area contributed by atoms with Crippen LogP contribution in [0.25, 0.3) is 0 Å². The van der Waals surface area contributed by atoms with Crippen LogP contribution >= 0.6 is 0 Å². The maximum absolute atomic E-state index is 8.88. The minimum Gasteiger partial charge on any atom is -0.396 e. The van der Waals surface area contributed by atoms with Gasteiger partial charge in [-0.1, -0.05) is 6.07 Å². The monoisotopic (exact) mass is 166 g/mol. The third-order valence-corrected chi connectivity index (χ3v) is 1.82. The van der Waals surface area contributed by atoms with Crippen LogP contribution in [0.2, 0.25) is 0 Å². The van der Waals surface area contributed by atoms with E-state index in [2.05, 4.69) is 4.98 Å². The van der Waals surface area contributed by atoms with Crippen LogP contribution in [0.4, 0.5) is 0 Å². The van der Waals surface area contributed by atoms with E-state index in [9.17, 15) is 0 Å². The molecule has 1 aromatic heterocycles. The van der Waals surface area contributed by atoms with Crippen molar-refractivity contribution >= 4 is 0 Å². The van der Waals surface area contributed by atoms with Crippen molar-refractivity contribution in [2.45, 2.75) is 6.42 Å². The van der Waals surface area contributed by atoms with Crippen molar-refractivity contribution in [1.29, 1.82) is 0 Å². The minimum absolute atomic E-state index is 0.132. The quantitative estimate of drug-likeness (QED) is 0.671. The van der Waals surface area contributed by atoms with Gasteiger partial charge < -0.3 is 10.8 Å². The van der Waals surface area contributed by atoms with Gasteiger partial charge in [0.1, 0.15) is 0 Å². The molecule has 1 rings (SSSR count). The molecule has 1 atom stereocenters. The molecule has 0 aliphatic heterocycles. The zero-order valence-corrected chi connectivity index (χ0v) is 6.98. The number of nitrogens with zero attached hydrogens (tertiary/aromatic N) is 1. The first-order chi connectivity index (χ1) is 5.86. The Balaban J connectivity index is 2.51. The van der Waals surface area contributed by atoms with Crippen LogP contribution in [0.5, 0.6) is 0 Å². The second-order valence-corrected chi connectivity index (χ2v) is 2.81. The standard InChI is InChI=1S/C9H14N2O/c10-6-8(7-12)5-9-3-1-2-4-11-9/h1-4,8,12H,5-7,10H2/t8-/m1/s1. The van der Waals surface area contributed by atoms with E-state index in [1.165, 1.54) is 0 Å². The lowest BCUT2D eigenvalue weighted by atomic mass is 10.0. The highest BCUT2D eigenvalue weighted by Gasteiger charge is 2.05. The van der Waals surface area contributed by atoms with Gasteiger partial charge in [0.15, 0.2) is 0 Å². The molecule has 0 spiro atoms. The smallest absolute Gasteiger partial charge is 0.0475 e. The minimum atomic E-state index is 0.132. The molecule has 0 amide bonds. The summed E-state index contributed by atoms with van der Waals surface area (Å²) in [7, 11) is 0. The molecule has 1 heterocycles. The average molecular weight is 166 g/mol. The second-order valence-electron chi connectivity index (χ2n) is 2.81. The van der Waals surface area contributed by atoms with Gasteiger partial charge in [-0.15, -0.1) is 0 Å². The summed E-state index contributed by atoms with van der Waals surface area (Å²) >= 11 is 0. The van der Waals surface area contributed by atoms with E-state index in [0.717, 1.165) is 12.1 Å². The van der Waals surface area contributed by atoms with Crippen molar-refractivity contribution in [2.24, 2.45) is 11.7 Å². The molecule has 0 saturated carbocycles. The Hall–Kier alpha value is -0.930. The summed E-state index contributed by atoms with van der Waals surface area (Å²) in [6.45, 7) is 0.639. The molecule has 0 radical (unpaired) electrons. The number of rotatable bonds is 4. The molecule has 0 bridgehead atoms. The summed E-state index contributed by atoms with van der Waals surface area (Å²) in [5, 5.41) is 8.88. The molecule has 0 fully saturated rings. The Kier molecular flexibility index (Phi) is 3.70. The van der Waals surface area contributed by atoms with Crippen molar-refractivity contribution in [3.63, 3.8) is 0 Å². The summed E-state index contributed by atoms with van der Waals surface area (Å²) in [6, 6.07) is 5.76. The molecule has 3 N–H and O–H groups in total. The summed E-state index contributed by atoms with van der Waals surface area (Å²) in [4.78, 5) is 4.15. The third-order valence-electron chi connectivity index (χ3n) is 1.82. The molecule has 0 aliphatic rings. The van der Waals surface area contributed by atoms with Crippen LogP contribution < -0.4 is 5.73 Å². The maximum atomic E-state index is 8.88. The predicted molar refractivity (Wildman–Crippen MR) is 47.6 cm³/mol. The van der Waals surface area contributed by atoms with Gasteiger partial charge in [0.05, 0.1) is 0 Å². The number of aromatic nitrogens is 1. The van der Waals surface area contributed by atoms with E-state index >= 15 is 0 Å². The Labute approximate surface area is 72.2 Å². The Bertz CT molecular complexity index is 209. The van der Waals surface area contributed by atoms with Crippen LogP contribution in [-0.4, -0.2) is 23.2 Å². The van der Waals surface area contributed by atoms with Crippen LogP contribution in [0.1, 0.15) is 5.69 Å². The van der Waals surface area contributed by atoms with E-state index < -0.39 is 0 Å². The third kappa shape index (κ3) is 2.60. The van der Waals surface area contributed by atoms with Gasteiger partial charge in [0.2, 0.25) is 0 Å². The van der Waals surface area contributed by atoms with Crippen molar-refractivity contribution < 1.29 is 5.11 Å². The molecule has 1 aromatic rings. The fourth-order valence-corrected chi connectivity index (χ4v) is 1.04. The van der Waals surface area contributed by atoms with Gasteiger partial charge in [-0.3, -0.25) is 4.98 Å². The molecule has 0 aliphatic carbocycles. The van der Waals surface area contributed by atoms with Gasteiger partial charge >= 0.3 is 0 Å². The van der Waals surface area contributed by atoms with Gasteiger partial charge in [-0.25, -0.2) is 0 Å². The topological polar surface area (TPSA) is 59.1 Å². The van der Waals surface area contributed by atoms with Crippen LogP contribution in [0.3, 0.4) is 0 Å². The van der Waals surface area contributed by atoms with Crippen LogP contribution in [0.15, 0.2) is 24.4 Å². The predicted octanol–water partition coefficient (Wildman–Crippen LogP) is 0.191. The maximum Gasteiger partial charge on any atom is 0.0475 e. The summed E-state index contributed by atoms with van der Waals surface area (Å²) in [5.74, 6) is 0.139. The molecule has 3 heteroatoms. The van der Waals surface area contributed by atoms with Crippen LogP contribution in [0, 0.1) is 5.92 Å². The molecule has 12 heavy (non-hydrogen) atoms. The van der Waals surface area contributed by atoms with E-state index in [1.807, 2.05) is 18.2 Å². The summed E-state index contributed by atoms with van der Waals surface area (Å²) < 4.78 is 0. The Morgan fingerprint density at radius 1 is 1.50 bits per heavy atom. The lowest BCUT2D eigenvalue weighted by Crippen LogP contribution is -2.20. The highest BCUT2D eigenvalue weighted by Crippen LogP contribution is 2.03. The molecule has 0 unspecified atom stereocenters. The number of nitrogens with two attached hydrogens (primary N) is 1. The molecule has 0 aromatic carbocycles. The molecular formula is C9H14N2O. The van der Waals surface area contributed by atoms with Gasteiger partial charge in [0, 0.05) is 18.5 Å². The van der Waals surface area contributed by atoms with Crippen molar-refractivity contribution in [2.75, 3.05) is 13.2 Å². The Morgan fingerprint density at radius 3 is 2.83 bits per heavy atom. The van der Waals surface area contributed by atoms with Gasteiger partial charge in [-0.2, -0.15) is 0 Å². The fourth-order valence-electron chi connectivity index (χ4n) is 1.04. The number of aliphatic hydroxyl groups is 1. The zero-order valence-electron chi connectivity index (χ0n) is 6.98. The van der Waals surface area contributed by atoms with Gasteiger partial charge in [-0.05, 0) is 31.0 Å². The average Bonchev–Trinajstić information content (AvgIpc) is 2.16. The van der Waals surface area contributed by atoms with E-state index in [4.69, 9.17) is 10.8 Å². The van der Waals surface area contributed by atoms with Gasteiger partial charge in [0.25, 0.3) is 0 Å². The first-order valence-electron chi connectivity index (χ1n) is 4.07. The fraction of sp³-hybridized carbons (Fsp3) is 0.444.